The first-order chi connectivity index (χ1) is 9.79. The molecular weight excluding hydrogens is 270 g/mol. The van der Waals surface area contributed by atoms with Crippen LogP contribution in [0.2, 0.25) is 0 Å². The third kappa shape index (κ3) is 3.97. The summed E-state index contributed by atoms with van der Waals surface area (Å²) < 4.78 is 10.5. The lowest BCUT2D eigenvalue weighted by Gasteiger charge is -2.20. The number of ether oxygens (including phenoxy) is 2. The Labute approximate surface area is 124 Å². The van der Waals surface area contributed by atoms with Crippen molar-refractivity contribution in [2.75, 3.05) is 0 Å². The summed E-state index contributed by atoms with van der Waals surface area (Å²) in [6, 6.07) is 8.72. The SMILES string of the molecule is C[C@@H]1[C@@H](C(=O)OCc2ccccc2)N1C(=O)OC(C)(C)C. The summed E-state index contributed by atoms with van der Waals surface area (Å²) in [4.78, 5) is 25.3. The van der Waals surface area contributed by atoms with Crippen molar-refractivity contribution < 1.29 is 19.1 Å². The lowest BCUT2D eigenvalue weighted by molar-refractivity contribution is -0.145. The molecule has 0 spiro atoms. The first-order valence-electron chi connectivity index (χ1n) is 7.01. The number of carbonyl (C=O) groups excluding carboxylic acids is 2. The van der Waals surface area contributed by atoms with Crippen LogP contribution in [0.5, 0.6) is 0 Å². The van der Waals surface area contributed by atoms with Gasteiger partial charge in [0.25, 0.3) is 0 Å². The van der Waals surface area contributed by atoms with Crippen LogP contribution in [-0.4, -0.2) is 34.6 Å². The maximum absolute atomic E-state index is 12.0. The molecule has 0 unspecified atom stereocenters. The summed E-state index contributed by atoms with van der Waals surface area (Å²) in [5, 5.41) is 0. The van der Waals surface area contributed by atoms with Gasteiger partial charge < -0.3 is 9.47 Å². The Kier molecular flexibility index (Phi) is 4.21. The summed E-state index contributed by atoms with van der Waals surface area (Å²) in [5.41, 5.74) is 0.348. The quantitative estimate of drug-likeness (QED) is 0.634. The van der Waals surface area contributed by atoms with Crippen LogP contribution in [-0.2, 0) is 20.9 Å². The highest BCUT2D eigenvalue weighted by Gasteiger charge is 2.55. The van der Waals surface area contributed by atoms with E-state index in [0.717, 1.165) is 5.56 Å². The second-order valence-corrected chi connectivity index (χ2v) is 6.17. The number of hydrogen-bond donors (Lipinski definition) is 0. The highest BCUT2D eigenvalue weighted by Crippen LogP contribution is 2.31. The van der Waals surface area contributed by atoms with Crippen LogP contribution in [0.25, 0.3) is 0 Å². The van der Waals surface area contributed by atoms with Crippen LogP contribution in [0.15, 0.2) is 30.3 Å². The molecule has 1 aromatic rings. The van der Waals surface area contributed by atoms with Gasteiger partial charge in [-0.15, -0.1) is 0 Å². The predicted octanol–water partition coefficient (Wildman–Crippen LogP) is 2.74. The van der Waals surface area contributed by atoms with Gasteiger partial charge in [0.05, 0.1) is 6.04 Å². The predicted molar refractivity (Wildman–Crippen MR) is 77.6 cm³/mol. The molecule has 1 heterocycles. The Bertz CT molecular complexity index is 521. The van der Waals surface area contributed by atoms with Crippen molar-refractivity contribution in [3.8, 4) is 0 Å². The molecule has 21 heavy (non-hydrogen) atoms. The molecule has 1 aromatic carbocycles. The van der Waals surface area contributed by atoms with E-state index in [1.54, 1.807) is 27.7 Å². The monoisotopic (exact) mass is 291 g/mol. The molecule has 1 amide bonds. The third-order valence-electron chi connectivity index (χ3n) is 3.18. The van der Waals surface area contributed by atoms with E-state index in [9.17, 15) is 9.59 Å². The first-order valence-corrected chi connectivity index (χ1v) is 7.01. The van der Waals surface area contributed by atoms with Crippen molar-refractivity contribution in [1.29, 1.82) is 0 Å². The van der Waals surface area contributed by atoms with Crippen molar-refractivity contribution in [3.63, 3.8) is 0 Å². The summed E-state index contributed by atoms with van der Waals surface area (Å²) in [7, 11) is 0. The minimum atomic E-state index is -0.572. The van der Waals surface area contributed by atoms with Gasteiger partial charge >= 0.3 is 12.1 Å². The van der Waals surface area contributed by atoms with Gasteiger partial charge in [0.2, 0.25) is 0 Å². The fourth-order valence-electron chi connectivity index (χ4n) is 2.07. The molecule has 5 nitrogen and oxygen atoms in total. The van der Waals surface area contributed by atoms with Crippen molar-refractivity contribution in [3.05, 3.63) is 35.9 Å². The summed E-state index contributed by atoms with van der Waals surface area (Å²) in [6.07, 6.45) is -0.475. The second-order valence-electron chi connectivity index (χ2n) is 6.17. The number of rotatable bonds is 3. The zero-order chi connectivity index (χ0) is 15.6. The van der Waals surface area contributed by atoms with E-state index < -0.39 is 23.7 Å². The topological polar surface area (TPSA) is 55.6 Å². The van der Waals surface area contributed by atoms with E-state index in [1.807, 2.05) is 30.3 Å². The van der Waals surface area contributed by atoms with Gasteiger partial charge in [0.15, 0.2) is 6.04 Å². The Hall–Kier alpha value is -2.04. The number of benzene rings is 1. The minimum absolute atomic E-state index is 0.178. The molecule has 0 radical (unpaired) electrons. The van der Waals surface area contributed by atoms with Gasteiger partial charge in [-0.25, -0.2) is 9.59 Å². The molecule has 1 fully saturated rings. The van der Waals surface area contributed by atoms with Crippen molar-refractivity contribution in [2.45, 2.75) is 52.0 Å². The van der Waals surface area contributed by atoms with Crippen molar-refractivity contribution >= 4 is 12.1 Å². The number of nitrogens with zero attached hydrogens (tertiary/aromatic N) is 1. The van der Waals surface area contributed by atoms with Gasteiger partial charge in [-0.05, 0) is 33.3 Å². The Morgan fingerprint density at radius 1 is 1.19 bits per heavy atom. The average molecular weight is 291 g/mol. The lowest BCUT2D eigenvalue weighted by Crippen LogP contribution is -2.29. The molecule has 0 aliphatic carbocycles. The van der Waals surface area contributed by atoms with Crippen LogP contribution in [0.4, 0.5) is 4.79 Å². The highest BCUT2D eigenvalue weighted by molar-refractivity contribution is 5.88. The standard InChI is InChI=1S/C16H21NO4/c1-11-13(17(11)15(19)21-16(2,3)4)14(18)20-10-12-8-6-5-7-9-12/h5-9,11,13H,10H2,1-4H3/t11-,13+,17?/m1/s1. The number of carbonyl (C=O) groups is 2. The fourth-order valence-corrected chi connectivity index (χ4v) is 2.07. The molecule has 1 aliphatic rings. The lowest BCUT2D eigenvalue weighted by atomic mass is 10.2. The van der Waals surface area contributed by atoms with E-state index in [0.29, 0.717) is 0 Å². The van der Waals surface area contributed by atoms with Crippen LogP contribution >= 0.6 is 0 Å². The van der Waals surface area contributed by atoms with E-state index in [2.05, 4.69) is 0 Å². The van der Waals surface area contributed by atoms with Gasteiger partial charge in [0.1, 0.15) is 12.2 Å². The first kappa shape index (κ1) is 15.4. The Balaban J connectivity index is 1.85. The maximum Gasteiger partial charge on any atom is 0.411 e. The molecule has 114 valence electrons. The van der Waals surface area contributed by atoms with Crippen LogP contribution in [0, 0.1) is 0 Å². The summed E-state index contributed by atoms with van der Waals surface area (Å²) in [6.45, 7) is 7.40. The van der Waals surface area contributed by atoms with Gasteiger partial charge in [0, 0.05) is 0 Å². The van der Waals surface area contributed by atoms with Crippen LogP contribution < -0.4 is 0 Å². The zero-order valence-corrected chi connectivity index (χ0v) is 12.8. The zero-order valence-electron chi connectivity index (χ0n) is 12.8. The number of esters is 1. The normalized spacial score (nSPS) is 20.9. The summed E-state index contributed by atoms with van der Waals surface area (Å²) in [5.74, 6) is -0.391. The summed E-state index contributed by atoms with van der Waals surface area (Å²) >= 11 is 0. The molecule has 0 aromatic heterocycles. The van der Waals surface area contributed by atoms with E-state index in [1.165, 1.54) is 4.90 Å². The Morgan fingerprint density at radius 3 is 2.38 bits per heavy atom. The van der Waals surface area contributed by atoms with Gasteiger partial charge in [-0.1, -0.05) is 30.3 Å². The largest absolute Gasteiger partial charge is 0.459 e. The van der Waals surface area contributed by atoms with Gasteiger partial charge in [-0.3, -0.25) is 4.90 Å². The highest BCUT2D eigenvalue weighted by atomic mass is 16.6. The number of amides is 1. The smallest absolute Gasteiger partial charge is 0.411 e. The molecule has 0 N–H and O–H groups in total. The van der Waals surface area contributed by atoms with Crippen molar-refractivity contribution in [1.82, 2.24) is 4.90 Å². The van der Waals surface area contributed by atoms with Gasteiger partial charge in [-0.2, -0.15) is 0 Å². The average Bonchev–Trinajstić information content (AvgIpc) is 3.07. The third-order valence-corrected chi connectivity index (χ3v) is 3.18. The molecule has 0 bridgehead atoms. The fraction of sp³-hybridized carbons (Fsp3) is 0.500. The molecule has 2 atom stereocenters. The van der Waals surface area contributed by atoms with E-state index >= 15 is 0 Å². The number of hydrogen-bond acceptors (Lipinski definition) is 4. The van der Waals surface area contributed by atoms with E-state index in [4.69, 9.17) is 9.47 Å². The van der Waals surface area contributed by atoms with Crippen LogP contribution in [0.3, 0.4) is 0 Å². The molecule has 1 aliphatic heterocycles. The minimum Gasteiger partial charge on any atom is -0.459 e. The molecular formula is C16H21NO4. The second kappa shape index (κ2) is 5.76. The molecule has 1 saturated heterocycles. The van der Waals surface area contributed by atoms with Crippen LogP contribution in [0.1, 0.15) is 33.3 Å². The van der Waals surface area contributed by atoms with E-state index in [-0.39, 0.29) is 12.6 Å². The Morgan fingerprint density at radius 2 is 1.81 bits per heavy atom. The molecule has 2 rings (SSSR count). The molecule has 5 heteroatoms. The maximum atomic E-state index is 12.0. The molecule has 0 saturated carbocycles. The van der Waals surface area contributed by atoms with Crippen molar-refractivity contribution in [2.24, 2.45) is 0 Å².